The maximum absolute atomic E-state index is 5.39. The minimum atomic E-state index is 0.868. The van der Waals surface area contributed by atoms with Crippen molar-refractivity contribution in [3.63, 3.8) is 0 Å². The van der Waals surface area contributed by atoms with Crippen molar-refractivity contribution in [3.8, 4) is 0 Å². The minimum absolute atomic E-state index is 0.868. The van der Waals surface area contributed by atoms with E-state index in [0.717, 1.165) is 31.0 Å². The van der Waals surface area contributed by atoms with Crippen LogP contribution in [0.2, 0.25) is 0 Å². The van der Waals surface area contributed by atoms with Crippen LogP contribution in [-0.4, -0.2) is 26.3 Å². The van der Waals surface area contributed by atoms with Gasteiger partial charge in [0.25, 0.3) is 0 Å². The van der Waals surface area contributed by atoms with Gasteiger partial charge in [-0.2, -0.15) is 0 Å². The molecular weight excluding hydrogens is 198 g/mol. The van der Waals surface area contributed by atoms with Gasteiger partial charge in [0.15, 0.2) is 0 Å². The van der Waals surface area contributed by atoms with Gasteiger partial charge in [0.1, 0.15) is 0 Å². The summed E-state index contributed by atoms with van der Waals surface area (Å²) in [5.74, 6) is 2.75. The van der Waals surface area contributed by atoms with E-state index in [2.05, 4.69) is 12.2 Å². The number of rotatable bonds is 4. The average molecular weight is 225 g/mol. The van der Waals surface area contributed by atoms with Crippen LogP contribution in [-0.2, 0) is 4.74 Å². The zero-order valence-corrected chi connectivity index (χ0v) is 10.7. The molecule has 2 unspecified atom stereocenters. The summed E-state index contributed by atoms with van der Waals surface area (Å²) in [7, 11) is 0. The van der Waals surface area contributed by atoms with Crippen molar-refractivity contribution in [2.75, 3.05) is 26.3 Å². The van der Waals surface area contributed by atoms with E-state index < -0.39 is 0 Å². The van der Waals surface area contributed by atoms with Gasteiger partial charge >= 0.3 is 0 Å². The molecule has 2 fully saturated rings. The molecule has 2 atom stereocenters. The summed E-state index contributed by atoms with van der Waals surface area (Å²) in [6, 6.07) is 0. The van der Waals surface area contributed by atoms with Gasteiger partial charge in [-0.1, -0.05) is 26.2 Å². The lowest BCUT2D eigenvalue weighted by atomic mass is 9.80. The van der Waals surface area contributed by atoms with Crippen molar-refractivity contribution in [1.29, 1.82) is 0 Å². The summed E-state index contributed by atoms with van der Waals surface area (Å²) in [4.78, 5) is 0. The minimum Gasteiger partial charge on any atom is -0.381 e. The second-order valence-electron chi connectivity index (χ2n) is 5.74. The maximum atomic E-state index is 5.39. The molecule has 0 spiro atoms. The fraction of sp³-hybridized carbons (Fsp3) is 1.00. The Morgan fingerprint density at radius 3 is 2.50 bits per heavy atom. The Balaban J connectivity index is 1.59. The quantitative estimate of drug-likeness (QED) is 0.794. The van der Waals surface area contributed by atoms with Crippen molar-refractivity contribution >= 4 is 0 Å². The average Bonchev–Trinajstić information content (AvgIpc) is 2.33. The number of hydrogen-bond donors (Lipinski definition) is 1. The Labute approximate surface area is 100 Å². The summed E-state index contributed by atoms with van der Waals surface area (Å²) < 4.78 is 5.39. The first-order chi connectivity index (χ1) is 7.86. The van der Waals surface area contributed by atoms with Crippen molar-refractivity contribution in [2.24, 2.45) is 17.8 Å². The molecule has 0 bridgehead atoms. The third kappa shape index (κ3) is 3.74. The molecule has 2 nitrogen and oxygen atoms in total. The third-order valence-electron chi connectivity index (χ3n) is 4.47. The van der Waals surface area contributed by atoms with Gasteiger partial charge in [0, 0.05) is 13.2 Å². The van der Waals surface area contributed by atoms with E-state index in [1.165, 1.54) is 51.6 Å². The van der Waals surface area contributed by atoms with Crippen molar-refractivity contribution in [3.05, 3.63) is 0 Å². The molecular formula is C14H27NO. The lowest BCUT2D eigenvalue weighted by Crippen LogP contribution is -2.34. The van der Waals surface area contributed by atoms with Crippen LogP contribution >= 0.6 is 0 Å². The van der Waals surface area contributed by atoms with E-state index in [1.54, 1.807) is 0 Å². The first-order valence-electron chi connectivity index (χ1n) is 7.14. The maximum Gasteiger partial charge on any atom is 0.0469 e. The summed E-state index contributed by atoms with van der Waals surface area (Å²) in [5.41, 5.74) is 0. The Morgan fingerprint density at radius 2 is 1.75 bits per heavy atom. The molecule has 0 aromatic heterocycles. The zero-order valence-electron chi connectivity index (χ0n) is 10.7. The largest absolute Gasteiger partial charge is 0.381 e. The van der Waals surface area contributed by atoms with Crippen LogP contribution in [0, 0.1) is 17.8 Å². The summed E-state index contributed by atoms with van der Waals surface area (Å²) >= 11 is 0. The Bertz CT molecular complexity index is 189. The predicted octanol–water partition coefficient (Wildman–Crippen LogP) is 2.83. The molecule has 1 saturated carbocycles. The first kappa shape index (κ1) is 12.4. The molecule has 0 radical (unpaired) electrons. The lowest BCUT2D eigenvalue weighted by molar-refractivity contribution is 0.0656. The Hall–Kier alpha value is -0.0800. The fourth-order valence-corrected chi connectivity index (χ4v) is 3.12. The molecule has 1 aliphatic heterocycles. The predicted molar refractivity (Wildman–Crippen MR) is 67.5 cm³/mol. The van der Waals surface area contributed by atoms with E-state index in [0.29, 0.717) is 0 Å². The fourth-order valence-electron chi connectivity index (χ4n) is 3.12. The van der Waals surface area contributed by atoms with Crippen molar-refractivity contribution in [2.45, 2.75) is 45.4 Å². The van der Waals surface area contributed by atoms with Crippen LogP contribution in [0.25, 0.3) is 0 Å². The van der Waals surface area contributed by atoms with Crippen LogP contribution in [0.3, 0.4) is 0 Å². The molecule has 2 rings (SSSR count). The highest BCUT2D eigenvalue weighted by Crippen LogP contribution is 2.28. The normalized spacial score (nSPS) is 32.8. The second-order valence-corrected chi connectivity index (χ2v) is 5.74. The van der Waals surface area contributed by atoms with Gasteiger partial charge in [0.05, 0.1) is 0 Å². The monoisotopic (exact) mass is 225 g/mol. The molecule has 16 heavy (non-hydrogen) atoms. The van der Waals surface area contributed by atoms with Gasteiger partial charge in [-0.25, -0.2) is 0 Å². The van der Waals surface area contributed by atoms with Gasteiger partial charge in [-0.05, 0) is 50.1 Å². The molecule has 0 amide bonds. The van der Waals surface area contributed by atoms with Crippen LogP contribution in [0.15, 0.2) is 0 Å². The molecule has 2 aliphatic rings. The van der Waals surface area contributed by atoms with Gasteiger partial charge < -0.3 is 10.1 Å². The first-order valence-corrected chi connectivity index (χ1v) is 7.14. The smallest absolute Gasteiger partial charge is 0.0469 e. The van der Waals surface area contributed by atoms with E-state index in [9.17, 15) is 0 Å². The molecule has 1 N–H and O–H groups in total. The number of ether oxygens (including phenoxy) is 1. The van der Waals surface area contributed by atoms with Gasteiger partial charge in [-0.15, -0.1) is 0 Å². The summed E-state index contributed by atoms with van der Waals surface area (Å²) in [6.45, 7) is 6.85. The van der Waals surface area contributed by atoms with Crippen molar-refractivity contribution < 1.29 is 4.74 Å². The summed E-state index contributed by atoms with van der Waals surface area (Å²) in [5, 5.41) is 3.70. The number of nitrogens with one attached hydrogen (secondary N) is 1. The van der Waals surface area contributed by atoms with E-state index in [4.69, 9.17) is 4.74 Å². The topological polar surface area (TPSA) is 21.3 Å². The van der Waals surface area contributed by atoms with Gasteiger partial charge in [-0.3, -0.25) is 0 Å². The van der Waals surface area contributed by atoms with E-state index >= 15 is 0 Å². The molecule has 1 heterocycles. The van der Waals surface area contributed by atoms with Crippen LogP contribution in [0.5, 0.6) is 0 Å². The van der Waals surface area contributed by atoms with E-state index in [1.807, 2.05) is 0 Å². The Morgan fingerprint density at radius 1 is 1.00 bits per heavy atom. The molecule has 0 aromatic rings. The molecule has 1 aliphatic carbocycles. The second kappa shape index (κ2) is 6.61. The lowest BCUT2D eigenvalue weighted by Gasteiger charge is -2.30. The molecule has 2 heteroatoms. The molecule has 0 aromatic carbocycles. The SMILES string of the molecule is CC1CCCCC1CNCC1CCOCC1. The standard InChI is InChI=1S/C14H27NO/c1-12-4-2-3-5-14(12)11-15-10-13-6-8-16-9-7-13/h12-15H,2-11H2,1H3. The van der Waals surface area contributed by atoms with Gasteiger partial charge in [0.2, 0.25) is 0 Å². The van der Waals surface area contributed by atoms with Crippen LogP contribution < -0.4 is 5.32 Å². The highest BCUT2D eigenvalue weighted by Gasteiger charge is 2.21. The Kier molecular flexibility index (Phi) is 5.11. The van der Waals surface area contributed by atoms with Crippen LogP contribution in [0.4, 0.5) is 0 Å². The number of hydrogen-bond acceptors (Lipinski definition) is 2. The highest BCUT2D eigenvalue weighted by atomic mass is 16.5. The van der Waals surface area contributed by atoms with Crippen LogP contribution in [0.1, 0.15) is 45.4 Å². The third-order valence-corrected chi connectivity index (χ3v) is 4.47. The molecule has 1 saturated heterocycles. The van der Waals surface area contributed by atoms with Crippen molar-refractivity contribution in [1.82, 2.24) is 5.32 Å². The van der Waals surface area contributed by atoms with E-state index in [-0.39, 0.29) is 0 Å². The molecule has 94 valence electrons. The summed E-state index contributed by atoms with van der Waals surface area (Å²) in [6.07, 6.45) is 8.32. The highest BCUT2D eigenvalue weighted by molar-refractivity contribution is 4.75. The zero-order chi connectivity index (χ0) is 11.2.